The predicted molar refractivity (Wildman–Crippen MR) is 143 cm³/mol. The minimum absolute atomic E-state index is 0.0572. The van der Waals surface area contributed by atoms with Crippen LogP contribution in [0.1, 0.15) is 37.0 Å². The number of anilines is 3. The normalized spacial score (nSPS) is 25.1. The zero-order valence-electron chi connectivity index (χ0n) is 20.3. The molecule has 2 bridgehead atoms. The number of hydrogen-bond donors (Lipinski definition) is 2. The molecule has 11 nitrogen and oxygen atoms in total. The van der Waals surface area contributed by atoms with E-state index in [1.807, 2.05) is 18.5 Å². The molecule has 3 fully saturated rings. The average Bonchev–Trinajstić information content (AvgIpc) is 3.51. The fourth-order valence-corrected chi connectivity index (χ4v) is 9.21. The van der Waals surface area contributed by atoms with Gasteiger partial charge in [-0.3, -0.25) is 0 Å². The Morgan fingerprint density at radius 1 is 1.27 bits per heavy atom. The number of aliphatic hydroxyl groups excluding tert-OH is 1. The molecule has 0 spiro atoms. The van der Waals surface area contributed by atoms with Gasteiger partial charge in [0.1, 0.15) is 10.6 Å². The van der Waals surface area contributed by atoms with Gasteiger partial charge in [-0.2, -0.15) is 27.3 Å². The minimum atomic E-state index is -3.57. The Hall–Kier alpha value is -2.41. The van der Waals surface area contributed by atoms with Gasteiger partial charge < -0.3 is 15.3 Å². The van der Waals surface area contributed by atoms with E-state index >= 15 is 0 Å². The number of rotatable bonds is 7. The van der Waals surface area contributed by atoms with E-state index in [1.54, 1.807) is 21.8 Å². The summed E-state index contributed by atoms with van der Waals surface area (Å²) in [5.41, 5.74) is 0. The summed E-state index contributed by atoms with van der Waals surface area (Å²) < 4.78 is 30.1. The Morgan fingerprint density at radius 2 is 2.03 bits per heavy atom. The Kier molecular flexibility index (Phi) is 6.54. The predicted octanol–water partition coefficient (Wildman–Crippen LogP) is 2.91. The lowest BCUT2D eigenvalue weighted by Gasteiger charge is -2.51. The van der Waals surface area contributed by atoms with Crippen molar-refractivity contribution >= 4 is 60.0 Å². The van der Waals surface area contributed by atoms with Crippen LogP contribution in [0.3, 0.4) is 0 Å². The van der Waals surface area contributed by atoms with Crippen molar-refractivity contribution in [2.24, 2.45) is 5.92 Å². The van der Waals surface area contributed by atoms with E-state index in [2.05, 4.69) is 21.3 Å². The fourth-order valence-electron chi connectivity index (χ4n) is 5.64. The largest absolute Gasteiger partial charge is 0.391 e. The molecule has 0 aliphatic carbocycles. The monoisotopic (exact) mass is 560 g/mol. The number of fused-ring (bicyclic) bond motifs is 3. The average molecular weight is 561 g/mol. The number of nitrogens with one attached hydrogen (secondary N) is 1. The van der Waals surface area contributed by atoms with Crippen molar-refractivity contribution in [3.63, 3.8) is 0 Å². The third-order valence-electron chi connectivity index (χ3n) is 7.62. The van der Waals surface area contributed by atoms with Crippen molar-refractivity contribution in [2.45, 2.75) is 56.8 Å². The van der Waals surface area contributed by atoms with Crippen LogP contribution in [0.15, 0.2) is 17.6 Å². The van der Waals surface area contributed by atoms with Crippen LogP contribution in [0.2, 0.25) is 0 Å². The zero-order chi connectivity index (χ0) is 25.7. The summed E-state index contributed by atoms with van der Waals surface area (Å²) in [4.78, 5) is 17.7. The zero-order valence-corrected chi connectivity index (χ0v) is 22.8. The number of thiazole rings is 1. The van der Waals surface area contributed by atoms with Crippen molar-refractivity contribution < 1.29 is 13.5 Å². The van der Waals surface area contributed by atoms with E-state index in [1.165, 1.54) is 15.6 Å². The van der Waals surface area contributed by atoms with Crippen molar-refractivity contribution in [1.82, 2.24) is 23.6 Å². The minimum Gasteiger partial charge on any atom is -0.391 e. The highest BCUT2D eigenvalue weighted by molar-refractivity contribution is 7.86. The molecule has 37 heavy (non-hydrogen) atoms. The van der Waals surface area contributed by atoms with Crippen LogP contribution in [-0.2, 0) is 16.8 Å². The molecule has 6 heterocycles. The van der Waals surface area contributed by atoms with Crippen molar-refractivity contribution in [3.8, 4) is 6.07 Å². The van der Waals surface area contributed by atoms with Crippen LogP contribution >= 0.6 is 22.7 Å². The Morgan fingerprint density at radius 3 is 2.70 bits per heavy atom. The van der Waals surface area contributed by atoms with Gasteiger partial charge in [-0.05, 0) is 37.1 Å². The number of piperidine rings is 2. The molecule has 0 saturated carbocycles. The molecule has 2 N–H and O–H groups in total. The first-order valence-corrected chi connectivity index (χ1v) is 15.5. The van der Waals surface area contributed by atoms with E-state index in [0.717, 1.165) is 34.4 Å². The highest BCUT2D eigenvalue weighted by atomic mass is 32.2. The second kappa shape index (κ2) is 9.72. The van der Waals surface area contributed by atoms with Crippen LogP contribution in [0, 0.1) is 17.2 Å². The first-order valence-electron chi connectivity index (χ1n) is 12.4. The SMILES string of the molecule is CN(c1nc(Nc2ncc(CO)s2)c2ccsc2n1)[C@@H]1C[C@H]2CCC[C@@H](C1)N2S(=O)(=O)N1CC(C#N)C1. The highest BCUT2D eigenvalue weighted by Crippen LogP contribution is 2.41. The molecule has 3 atom stereocenters. The van der Waals surface area contributed by atoms with Gasteiger partial charge in [-0.25, -0.2) is 9.97 Å². The number of nitrogens with zero attached hydrogens (tertiary/aromatic N) is 7. The molecular formula is C23H28N8O3S3. The number of aromatic nitrogens is 3. The van der Waals surface area contributed by atoms with Crippen molar-refractivity contribution in [1.29, 1.82) is 5.26 Å². The van der Waals surface area contributed by atoms with Gasteiger partial charge in [0, 0.05) is 44.5 Å². The quantitative estimate of drug-likeness (QED) is 0.447. The van der Waals surface area contributed by atoms with Gasteiger partial charge in [-0.1, -0.05) is 17.8 Å². The molecule has 3 aromatic heterocycles. The maximum Gasteiger partial charge on any atom is 0.282 e. The van der Waals surface area contributed by atoms with Crippen LogP contribution in [0.25, 0.3) is 10.2 Å². The van der Waals surface area contributed by atoms with Crippen LogP contribution < -0.4 is 10.2 Å². The standard InChI is InChI=1S/C23H28N8O3S3/c1-29(22-26-20(19-5-6-35-21(19)28-22)27-23-25-10-18(13-32)36-23)17-7-15-3-2-4-16(8-17)31(15)37(33,34)30-11-14(9-24)12-30/h5-6,10,14-17,32H,2-4,7-8,11-13H2,1H3,(H,25,26,27,28)/t15-,16+,17-. The number of hydrogen-bond acceptors (Lipinski definition) is 11. The first-order chi connectivity index (χ1) is 17.9. The molecule has 3 aromatic rings. The number of thiophene rings is 1. The molecule has 0 radical (unpaired) electrons. The molecule has 196 valence electrons. The van der Waals surface area contributed by atoms with E-state index in [0.29, 0.717) is 42.8 Å². The highest BCUT2D eigenvalue weighted by Gasteiger charge is 2.50. The Bertz CT molecular complexity index is 1430. The summed E-state index contributed by atoms with van der Waals surface area (Å²) in [6, 6.07) is 4.12. The summed E-state index contributed by atoms with van der Waals surface area (Å²) in [5, 5.41) is 25.3. The molecule has 3 saturated heterocycles. The van der Waals surface area contributed by atoms with Crippen LogP contribution in [0.4, 0.5) is 16.9 Å². The Balaban J connectivity index is 1.24. The topological polar surface area (TPSA) is 139 Å². The van der Waals surface area contributed by atoms with E-state index in [4.69, 9.17) is 15.2 Å². The van der Waals surface area contributed by atoms with Gasteiger partial charge in [0.2, 0.25) is 5.95 Å². The van der Waals surface area contributed by atoms with Gasteiger partial charge in [0.05, 0.1) is 28.9 Å². The summed E-state index contributed by atoms with van der Waals surface area (Å²) in [6.45, 7) is 0.529. The molecule has 3 aliphatic heterocycles. The second-order valence-corrected chi connectivity index (χ2v) is 13.7. The molecule has 0 unspecified atom stereocenters. The molecule has 0 amide bonds. The van der Waals surface area contributed by atoms with Crippen molar-refractivity contribution in [3.05, 3.63) is 22.5 Å². The summed E-state index contributed by atoms with van der Waals surface area (Å²) in [6.07, 6.45) is 5.77. The third-order valence-corrected chi connectivity index (χ3v) is 11.4. The summed E-state index contributed by atoms with van der Waals surface area (Å²) >= 11 is 2.92. The van der Waals surface area contributed by atoms with Gasteiger partial charge >= 0.3 is 0 Å². The third kappa shape index (κ3) is 4.47. The summed E-state index contributed by atoms with van der Waals surface area (Å²) in [5.74, 6) is 1.05. The van der Waals surface area contributed by atoms with Gasteiger partial charge in [0.25, 0.3) is 10.2 Å². The lowest BCUT2D eigenvalue weighted by atomic mass is 9.83. The molecule has 14 heteroatoms. The number of aliphatic hydroxyl groups is 1. The number of nitriles is 1. The van der Waals surface area contributed by atoms with E-state index in [9.17, 15) is 13.5 Å². The van der Waals surface area contributed by atoms with Gasteiger partial charge in [-0.15, -0.1) is 11.3 Å². The second-order valence-electron chi connectivity index (χ2n) is 9.88. The maximum absolute atomic E-state index is 13.4. The van der Waals surface area contributed by atoms with Crippen LogP contribution in [-0.4, -0.2) is 75.3 Å². The lowest BCUT2D eigenvalue weighted by Crippen LogP contribution is -2.64. The lowest BCUT2D eigenvalue weighted by molar-refractivity contribution is 0.0930. The fraction of sp³-hybridized carbons (Fsp3) is 0.565. The first kappa shape index (κ1) is 24.9. The molecule has 3 aliphatic rings. The molecule has 6 rings (SSSR count). The van der Waals surface area contributed by atoms with Gasteiger partial charge in [0.15, 0.2) is 5.13 Å². The maximum atomic E-state index is 13.4. The smallest absolute Gasteiger partial charge is 0.282 e. The van der Waals surface area contributed by atoms with E-state index < -0.39 is 10.2 Å². The molecule has 0 aromatic carbocycles. The van der Waals surface area contributed by atoms with E-state index in [-0.39, 0.29) is 30.7 Å². The summed E-state index contributed by atoms with van der Waals surface area (Å²) in [7, 11) is -1.58. The Labute approximate surface area is 223 Å². The molecular weight excluding hydrogens is 533 g/mol. The van der Waals surface area contributed by atoms with Crippen LogP contribution in [0.5, 0.6) is 0 Å². The van der Waals surface area contributed by atoms with Crippen molar-refractivity contribution in [2.75, 3.05) is 30.4 Å².